The van der Waals surface area contributed by atoms with E-state index in [0.29, 0.717) is 22.7 Å². The van der Waals surface area contributed by atoms with Crippen molar-refractivity contribution in [1.82, 2.24) is 10.2 Å². The summed E-state index contributed by atoms with van der Waals surface area (Å²) in [6.07, 6.45) is 0.363. The molecule has 0 saturated heterocycles. The average Bonchev–Trinajstić information content (AvgIpc) is 2.87. The van der Waals surface area contributed by atoms with Crippen LogP contribution in [0, 0.1) is 13.8 Å². The van der Waals surface area contributed by atoms with Gasteiger partial charge in [-0.05, 0) is 75.6 Å². The zero-order valence-electron chi connectivity index (χ0n) is 23.0. The maximum Gasteiger partial charge on any atom is 0.264 e. The zero-order chi connectivity index (χ0) is 28.7. The van der Waals surface area contributed by atoms with E-state index in [1.54, 1.807) is 43.3 Å². The highest BCUT2D eigenvalue weighted by atomic mass is 35.5. The Morgan fingerprint density at radius 1 is 0.949 bits per heavy atom. The van der Waals surface area contributed by atoms with Gasteiger partial charge in [-0.3, -0.25) is 13.9 Å². The summed E-state index contributed by atoms with van der Waals surface area (Å²) in [5, 5.41) is 3.36. The van der Waals surface area contributed by atoms with E-state index in [9.17, 15) is 18.0 Å². The first-order valence-corrected chi connectivity index (χ1v) is 14.7. The van der Waals surface area contributed by atoms with E-state index in [0.717, 1.165) is 15.4 Å². The molecule has 3 aromatic rings. The van der Waals surface area contributed by atoms with Gasteiger partial charge in [0.15, 0.2) is 0 Å². The number of aryl methyl sites for hydroxylation is 2. The van der Waals surface area contributed by atoms with E-state index in [1.807, 2.05) is 52.0 Å². The van der Waals surface area contributed by atoms with Crippen LogP contribution in [0.1, 0.15) is 43.9 Å². The van der Waals surface area contributed by atoms with Crippen LogP contribution in [0.5, 0.6) is 0 Å². The fourth-order valence-electron chi connectivity index (χ4n) is 4.44. The van der Waals surface area contributed by atoms with Crippen molar-refractivity contribution in [3.63, 3.8) is 0 Å². The van der Waals surface area contributed by atoms with Crippen LogP contribution < -0.4 is 9.62 Å². The van der Waals surface area contributed by atoms with Gasteiger partial charge in [0.1, 0.15) is 12.6 Å². The Morgan fingerprint density at radius 3 is 2.23 bits per heavy atom. The molecule has 9 heteroatoms. The van der Waals surface area contributed by atoms with Crippen molar-refractivity contribution in [2.24, 2.45) is 0 Å². The Balaban J connectivity index is 2.09. The Kier molecular flexibility index (Phi) is 10.2. The Labute approximate surface area is 236 Å². The molecule has 0 aliphatic rings. The first kappa shape index (κ1) is 30.2. The number of sulfonamides is 1. The number of carbonyl (C=O) groups is 2. The number of hydrogen-bond acceptors (Lipinski definition) is 4. The second-order valence-electron chi connectivity index (χ2n) is 9.85. The minimum atomic E-state index is -4.13. The van der Waals surface area contributed by atoms with Crippen LogP contribution in [0.15, 0.2) is 77.7 Å². The standard InChI is InChI=1S/C30H36ClN3O4S/c1-6-27(30(36)32-21(2)3)33(19-24-12-10-11-22(4)17-24)29(35)20-34(28-16-15-25(31)18-23(28)5)39(37,38)26-13-8-7-9-14-26/h7-18,21,27H,6,19-20H2,1-5H3,(H,32,36)/t27-/m1/s1. The van der Waals surface area contributed by atoms with Crippen molar-refractivity contribution in [2.75, 3.05) is 10.8 Å². The normalized spacial score (nSPS) is 12.2. The number of halogens is 1. The molecule has 0 aliphatic carbocycles. The smallest absolute Gasteiger partial charge is 0.264 e. The molecule has 1 atom stereocenters. The molecule has 0 unspecified atom stereocenters. The minimum absolute atomic E-state index is 0.0574. The number of anilines is 1. The molecule has 39 heavy (non-hydrogen) atoms. The van der Waals surface area contributed by atoms with Crippen LogP contribution >= 0.6 is 11.6 Å². The Bertz CT molecular complexity index is 1410. The molecule has 2 amide bonds. The lowest BCUT2D eigenvalue weighted by molar-refractivity contribution is -0.140. The highest BCUT2D eigenvalue weighted by molar-refractivity contribution is 7.92. The summed E-state index contributed by atoms with van der Waals surface area (Å²) in [6.45, 7) is 8.91. The van der Waals surface area contributed by atoms with Crippen LogP contribution in [-0.4, -0.2) is 43.8 Å². The summed E-state index contributed by atoms with van der Waals surface area (Å²) in [5.74, 6) is -0.773. The number of benzene rings is 3. The molecule has 0 aromatic heterocycles. The molecule has 7 nitrogen and oxygen atoms in total. The first-order chi connectivity index (χ1) is 18.4. The molecule has 0 bridgehead atoms. The number of rotatable bonds is 11. The summed E-state index contributed by atoms with van der Waals surface area (Å²) >= 11 is 6.16. The van der Waals surface area contributed by atoms with E-state index >= 15 is 0 Å². The SMILES string of the molecule is CC[C@H](C(=O)NC(C)C)N(Cc1cccc(C)c1)C(=O)CN(c1ccc(Cl)cc1C)S(=O)(=O)c1ccccc1. The van der Waals surface area contributed by atoms with Crippen molar-refractivity contribution in [2.45, 2.75) is 64.6 Å². The molecule has 208 valence electrons. The molecule has 0 heterocycles. The van der Waals surface area contributed by atoms with Crippen LogP contribution in [0.4, 0.5) is 5.69 Å². The maximum absolute atomic E-state index is 14.1. The second-order valence-corrected chi connectivity index (χ2v) is 12.2. The van der Waals surface area contributed by atoms with E-state index in [1.165, 1.54) is 17.0 Å². The van der Waals surface area contributed by atoms with Gasteiger partial charge in [-0.1, -0.05) is 66.6 Å². The quantitative estimate of drug-likeness (QED) is 0.331. The third-order valence-corrected chi connectivity index (χ3v) is 8.30. The predicted octanol–water partition coefficient (Wildman–Crippen LogP) is 5.48. The number of amides is 2. The van der Waals surface area contributed by atoms with E-state index in [2.05, 4.69) is 5.32 Å². The van der Waals surface area contributed by atoms with Gasteiger partial charge in [0, 0.05) is 17.6 Å². The maximum atomic E-state index is 14.1. The fraction of sp³-hybridized carbons (Fsp3) is 0.333. The van der Waals surface area contributed by atoms with Crippen LogP contribution in [0.3, 0.4) is 0 Å². The van der Waals surface area contributed by atoms with Gasteiger partial charge in [0.25, 0.3) is 10.0 Å². The number of hydrogen-bond donors (Lipinski definition) is 1. The molecule has 0 aliphatic heterocycles. The van der Waals surface area contributed by atoms with Gasteiger partial charge >= 0.3 is 0 Å². The van der Waals surface area contributed by atoms with Gasteiger partial charge < -0.3 is 10.2 Å². The highest BCUT2D eigenvalue weighted by Crippen LogP contribution is 2.29. The molecule has 0 saturated carbocycles. The topological polar surface area (TPSA) is 86.8 Å². The molecular formula is C30H36ClN3O4S. The van der Waals surface area contributed by atoms with Crippen molar-refractivity contribution >= 4 is 39.1 Å². The van der Waals surface area contributed by atoms with Crippen molar-refractivity contribution in [3.05, 3.63) is 94.5 Å². The summed E-state index contributed by atoms with van der Waals surface area (Å²) in [5.41, 5.74) is 2.81. The van der Waals surface area contributed by atoms with Crippen LogP contribution in [0.2, 0.25) is 5.02 Å². The van der Waals surface area contributed by atoms with Crippen LogP contribution in [-0.2, 0) is 26.2 Å². The second kappa shape index (κ2) is 13.1. The van der Waals surface area contributed by atoms with Gasteiger partial charge in [-0.15, -0.1) is 0 Å². The summed E-state index contributed by atoms with van der Waals surface area (Å²) < 4.78 is 28.9. The summed E-state index contributed by atoms with van der Waals surface area (Å²) in [6, 6.07) is 19.6. The van der Waals surface area contributed by atoms with Gasteiger partial charge in [-0.25, -0.2) is 8.42 Å². The first-order valence-electron chi connectivity index (χ1n) is 12.9. The molecule has 0 fully saturated rings. The van der Waals surface area contributed by atoms with Crippen molar-refractivity contribution in [3.8, 4) is 0 Å². The molecule has 0 spiro atoms. The number of carbonyl (C=O) groups excluding carboxylic acids is 2. The lowest BCUT2D eigenvalue weighted by Crippen LogP contribution is -2.53. The van der Waals surface area contributed by atoms with Gasteiger partial charge in [0.2, 0.25) is 11.8 Å². The van der Waals surface area contributed by atoms with E-state index < -0.39 is 28.5 Å². The average molecular weight is 570 g/mol. The third-order valence-electron chi connectivity index (χ3n) is 6.29. The Morgan fingerprint density at radius 2 is 1.64 bits per heavy atom. The van der Waals surface area contributed by atoms with Crippen LogP contribution in [0.25, 0.3) is 0 Å². The zero-order valence-corrected chi connectivity index (χ0v) is 24.6. The number of nitrogens with one attached hydrogen (secondary N) is 1. The Hall–Kier alpha value is -3.36. The lowest BCUT2D eigenvalue weighted by atomic mass is 10.1. The number of nitrogens with zero attached hydrogens (tertiary/aromatic N) is 2. The molecule has 3 aromatic carbocycles. The largest absolute Gasteiger partial charge is 0.352 e. The predicted molar refractivity (Wildman–Crippen MR) is 156 cm³/mol. The minimum Gasteiger partial charge on any atom is -0.352 e. The third kappa shape index (κ3) is 7.61. The molecule has 3 rings (SSSR count). The molecular weight excluding hydrogens is 534 g/mol. The summed E-state index contributed by atoms with van der Waals surface area (Å²) in [4.78, 5) is 28.8. The van der Waals surface area contributed by atoms with Gasteiger partial charge in [0.05, 0.1) is 10.6 Å². The summed E-state index contributed by atoms with van der Waals surface area (Å²) in [7, 11) is -4.13. The molecule has 0 radical (unpaired) electrons. The van der Waals surface area contributed by atoms with Crippen molar-refractivity contribution < 1.29 is 18.0 Å². The van der Waals surface area contributed by atoms with Crippen molar-refractivity contribution in [1.29, 1.82) is 0 Å². The van der Waals surface area contributed by atoms with E-state index in [4.69, 9.17) is 11.6 Å². The van der Waals surface area contributed by atoms with Gasteiger partial charge in [-0.2, -0.15) is 0 Å². The molecule has 1 N–H and O–H groups in total. The fourth-order valence-corrected chi connectivity index (χ4v) is 6.17. The monoisotopic (exact) mass is 569 g/mol. The highest BCUT2D eigenvalue weighted by Gasteiger charge is 2.34. The van der Waals surface area contributed by atoms with E-state index in [-0.39, 0.29) is 23.4 Å². The lowest BCUT2D eigenvalue weighted by Gasteiger charge is -2.34.